The number of rotatable bonds is 5. The second-order valence-electron chi connectivity index (χ2n) is 4.79. The van der Waals surface area contributed by atoms with Gasteiger partial charge in [0.15, 0.2) is 0 Å². The number of ether oxygens (including phenoxy) is 1. The van der Waals surface area contributed by atoms with Crippen LogP contribution in [0.3, 0.4) is 0 Å². The molecule has 4 nitrogen and oxygen atoms in total. The lowest BCUT2D eigenvalue weighted by molar-refractivity contribution is -0.136. The number of aliphatic carboxylic acids is 1. The van der Waals surface area contributed by atoms with Crippen molar-refractivity contribution in [3.8, 4) is 22.1 Å². The monoisotopic (exact) mass is 329 g/mol. The van der Waals surface area contributed by atoms with Crippen LogP contribution in [0.2, 0.25) is 0 Å². The van der Waals surface area contributed by atoms with Crippen molar-refractivity contribution in [1.29, 1.82) is 0 Å². The fourth-order valence-corrected chi connectivity index (χ4v) is 2.81. The lowest BCUT2D eigenvalue weighted by atomic mass is 10.2. The lowest BCUT2D eigenvalue weighted by Gasteiger charge is -2.06. The Bertz CT molecular complexity index is 813. The summed E-state index contributed by atoms with van der Waals surface area (Å²) in [7, 11) is 0. The molecule has 2 aromatic carbocycles. The van der Waals surface area contributed by atoms with E-state index in [2.05, 4.69) is 4.98 Å². The molecule has 1 N–H and O–H groups in total. The first-order chi connectivity index (χ1) is 11.1. The Balaban J connectivity index is 1.72. The van der Waals surface area contributed by atoms with E-state index >= 15 is 0 Å². The van der Waals surface area contributed by atoms with Crippen molar-refractivity contribution in [2.45, 2.75) is 6.42 Å². The molecule has 0 unspecified atom stereocenters. The molecule has 0 bridgehead atoms. The summed E-state index contributed by atoms with van der Waals surface area (Å²) < 4.78 is 18.5. The summed E-state index contributed by atoms with van der Waals surface area (Å²) >= 11 is 1.40. The molecule has 0 amide bonds. The zero-order chi connectivity index (χ0) is 16.2. The van der Waals surface area contributed by atoms with Gasteiger partial charge in [-0.1, -0.05) is 0 Å². The molecule has 23 heavy (non-hydrogen) atoms. The van der Waals surface area contributed by atoms with Crippen molar-refractivity contribution in [2.75, 3.05) is 0 Å². The largest absolute Gasteiger partial charge is 0.481 e. The minimum Gasteiger partial charge on any atom is -0.481 e. The minimum absolute atomic E-state index is 0.0811. The van der Waals surface area contributed by atoms with E-state index in [0.717, 1.165) is 10.6 Å². The number of benzene rings is 2. The van der Waals surface area contributed by atoms with E-state index in [1.165, 1.54) is 23.5 Å². The highest BCUT2D eigenvalue weighted by atomic mass is 32.1. The topological polar surface area (TPSA) is 59.4 Å². The summed E-state index contributed by atoms with van der Waals surface area (Å²) in [5, 5.41) is 11.3. The molecule has 0 spiro atoms. The average Bonchev–Trinajstić information content (AvgIpc) is 2.98. The summed E-state index contributed by atoms with van der Waals surface area (Å²) in [6.45, 7) is 0. The number of carboxylic acid groups (broad SMARTS) is 1. The Morgan fingerprint density at radius 1 is 1.09 bits per heavy atom. The maximum Gasteiger partial charge on any atom is 0.309 e. The number of carboxylic acids is 1. The van der Waals surface area contributed by atoms with Crippen molar-refractivity contribution in [1.82, 2.24) is 4.98 Å². The van der Waals surface area contributed by atoms with Crippen LogP contribution in [0, 0.1) is 5.82 Å². The van der Waals surface area contributed by atoms with Crippen LogP contribution in [0.15, 0.2) is 53.9 Å². The second kappa shape index (κ2) is 6.58. The first-order valence-electron chi connectivity index (χ1n) is 6.80. The molecule has 1 aromatic heterocycles. The number of nitrogens with zero attached hydrogens (tertiary/aromatic N) is 1. The Hall–Kier alpha value is -2.73. The third-order valence-corrected chi connectivity index (χ3v) is 3.97. The number of hydrogen-bond donors (Lipinski definition) is 1. The van der Waals surface area contributed by atoms with Gasteiger partial charge in [0, 0.05) is 10.9 Å². The molecule has 0 aliphatic heterocycles. The fourth-order valence-electron chi connectivity index (χ4n) is 1.98. The van der Waals surface area contributed by atoms with Gasteiger partial charge in [0.25, 0.3) is 0 Å². The molecule has 3 rings (SSSR count). The zero-order valence-electron chi connectivity index (χ0n) is 11.9. The smallest absolute Gasteiger partial charge is 0.309 e. The number of aromatic nitrogens is 1. The van der Waals surface area contributed by atoms with Gasteiger partial charge in [-0.15, -0.1) is 11.3 Å². The number of halogens is 1. The highest BCUT2D eigenvalue weighted by Gasteiger charge is 2.08. The predicted molar refractivity (Wildman–Crippen MR) is 85.4 cm³/mol. The van der Waals surface area contributed by atoms with Gasteiger partial charge in [0.1, 0.15) is 22.3 Å². The molecule has 3 aromatic rings. The van der Waals surface area contributed by atoms with Crippen LogP contribution < -0.4 is 4.74 Å². The Morgan fingerprint density at radius 3 is 2.30 bits per heavy atom. The highest BCUT2D eigenvalue weighted by Crippen LogP contribution is 2.28. The van der Waals surface area contributed by atoms with Crippen LogP contribution in [0.1, 0.15) is 5.69 Å². The molecule has 0 aliphatic carbocycles. The van der Waals surface area contributed by atoms with Gasteiger partial charge in [-0.25, -0.2) is 9.37 Å². The quantitative estimate of drug-likeness (QED) is 0.755. The Morgan fingerprint density at radius 2 is 1.70 bits per heavy atom. The van der Waals surface area contributed by atoms with Gasteiger partial charge < -0.3 is 9.84 Å². The maximum atomic E-state index is 12.8. The van der Waals surface area contributed by atoms with E-state index in [1.807, 2.05) is 12.1 Å². The summed E-state index contributed by atoms with van der Waals surface area (Å²) in [6, 6.07) is 13.1. The molecule has 0 aliphatic rings. The Labute approximate surface area is 135 Å². The van der Waals surface area contributed by atoms with Crippen molar-refractivity contribution in [2.24, 2.45) is 0 Å². The van der Waals surface area contributed by atoms with Gasteiger partial charge in [-0.05, 0) is 48.5 Å². The number of carbonyl (C=O) groups is 1. The average molecular weight is 329 g/mol. The summed E-state index contributed by atoms with van der Waals surface area (Å²) in [6.07, 6.45) is -0.0811. The molecule has 0 radical (unpaired) electrons. The van der Waals surface area contributed by atoms with E-state index in [-0.39, 0.29) is 12.2 Å². The highest BCUT2D eigenvalue weighted by molar-refractivity contribution is 7.13. The molecule has 0 fully saturated rings. The molecule has 116 valence electrons. The predicted octanol–water partition coefficient (Wildman–Crippen LogP) is 4.37. The van der Waals surface area contributed by atoms with Crippen LogP contribution in [0.5, 0.6) is 11.5 Å². The molecular formula is C17H12FNO3S. The number of hydrogen-bond acceptors (Lipinski definition) is 4. The normalized spacial score (nSPS) is 10.5. The van der Waals surface area contributed by atoms with Gasteiger partial charge in [0.2, 0.25) is 0 Å². The van der Waals surface area contributed by atoms with E-state index in [9.17, 15) is 9.18 Å². The van der Waals surface area contributed by atoms with E-state index in [0.29, 0.717) is 17.2 Å². The van der Waals surface area contributed by atoms with Crippen LogP contribution in [0.25, 0.3) is 10.6 Å². The number of thiazole rings is 1. The van der Waals surface area contributed by atoms with Crippen LogP contribution >= 0.6 is 11.3 Å². The molecular weight excluding hydrogens is 317 g/mol. The molecule has 1 heterocycles. The molecule has 0 saturated heterocycles. The van der Waals surface area contributed by atoms with Gasteiger partial charge in [0.05, 0.1) is 12.1 Å². The third-order valence-electron chi connectivity index (χ3n) is 3.03. The molecule has 0 saturated carbocycles. The summed E-state index contributed by atoms with van der Waals surface area (Å²) in [5.74, 6) is -0.0293. The van der Waals surface area contributed by atoms with Gasteiger partial charge >= 0.3 is 5.97 Å². The zero-order valence-corrected chi connectivity index (χ0v) is 12.7. The van der Waals surface area contributed by atoms with Crippen molar-refractivity contribution in [3.63, 3.8) is 0 Å². The van der Waals surface area contributed by atoms with Crippen molar-refractivity contribution >= 4 is 17.3 Å². The van der Waals surface area contributed by atoms with E-state index in [4.69, 9.17) is 9.84 Å². The fraction of sp³-hybridized carbons (Fsp3) is 0.0588. The first-order valence-corrected chi connectivity index (χ1v) is 7.68. The van der Waals surface area contributed by atoms with Crippen LogP contribution in [0.4, 0.5) is 4.39 Å². The van der Waals surface area contributed by atoms with Crippen LogP contribution in [-0.4, -0.2) is 16.1 Å². The molecule has 6 heteroatoms. The summed E-state index contributed by atoms with van der Waals surface area (Å²) in [4.78, 5) is 15.0. The van der Waals surface area contributed by atoms with Crippen molar-refractivity contribution in [3.05, 3.63) is 65.4 Å². The summed E-state index contributed by atoms with van der Waals surface area (Å²) in [5.41, 5.74) is 1.43. The van der Waals surface area contributed by atoms with Crippen molar-refractivity contribution < 1.29 is 19.0 Å². The lowest BCUT2D eigenvalue weighted by Crippen LogP contribution is -1.99. The standard InChI is InChI=1S/C17H12FNO3S/c18-12-3-7-15(8-4-12)22-14-5-1-11(2-6-14)17-19-13(10-23-17)9-16(20)21/h1-8,10H,9H2,(H,20,21). The Kier molecular flexibility index (Phi) is 4.34. The van der Waals surface area contributed by atoms with Crippen LogP contribution in [-0.2, 0) is 11.2 Å². The second-order valence-corrected chi connectivity index (χ2v) is 5.65. The van der Waals surface area contributed by atoms with Gasteiger partial charge in [-0.3, -0.25) is 4.79 Å². The third kappa shape index (κ3) is 3.92. The SMILES string of the molecule is O=C(O)Cc1csc(-c2ccc(Oc3ccc(F)cc3)cc2)n1. The van der Waals surface area contributed by atoms with E-state index < -0.39 is 5.97 Å². The van der Waals surface area contributed by atoms with Gasteiger partial charge in [-0.2, -0.15) is 0 Å². The van der Waals surface area contributed by atoms with E-state index in [1.54, 1.807) is 29.6 Å². The molecule has 0 atom stereocenters. The first kappa shape index (κ1) is 15.2. The minimum atomic E-state index is -0.898. The maximum absolute atomic E-state index is 12.8.